The molecule has 2 aliphatic heterocycles. The van der Waals surface area contributed by atoms with E-state index in [1.54, 1.807) is 9.58 Å². The van der Waals surface area contributed by atoms with Crippen LogP contribution in [0.3, 0.4) is 0 Å². The Morgan fingerprint density at radius 3 is 2.71 bits per heavy atom. The third-order valence-corrected chi connectivity index (χ3v) is 8.46. The SMILES string of the molecule is Cn1nnc2cc(CNC(=O)[C@@H]3C[C@@H](Cc4ccccc4C#N)CN3C(=O)[C@H]3C[C@@H](c4ccccc4)CN3)ccc21. The van der Waals surface area contributed by atoms with E-state index in [1.165, 1.54) is 5.56 Å². The lowest BCUT2D eigenvalue weighted by Crippen LogP contribution is -2.51. The summed E-state index contributed by atoms with van der Waals surface area (Å²) in [4.78, 5) is 29.3. The van der Waals surface area contributed by atoms with Gasteiger partial charge in [-0.3, -0.25) is 9.59 Å². The number of nitrogens with zero attached hydrogens (tertiary/aromatic N) is 5. The predicted molar refractivity (Wildman–Crippen MR) is 154 cm³/mol. The molecule has 0 bridgehead atoms. The van der Waals surface area contributed by atoms with Gasteiger partial charge in [-0.05, 0) is 66.0 Å². The first kappa shape index (κ1) is 26.7. The first-order chi connectivity index (χ1) is 20.0. The Hall–Kier alpha value is -4.55. The summed E-state index contributed by atoms with van der Waals surface area (Å²) < 4.78 is 1.71. The van der Waals surface area contributed by atoms with Crippen molar-refractivity contribution < 1.29 is 9.59 Å². The topological polar surface area (TPSA) is 116 Å². The van der Waals surface area contributed by atoms with Crippen LogP contribution in [0.15, 0.2) is 72.8 Å². The van der Waals surface area contributed by atoms with Gasteiger partial charge in [-0.2, -0.15) is 5.26 Å². The molecule has 3 aromatic carbocycles. The van der Waals surface area contributed by atoms with E-state index in [1.807, 2.05) is 67.7 Å². The molecule has 0 saturated carbocycles. The number of rotatable bonds is 7. The van der Waals surface area contributed by atoms with Gasteiger partial charge in [0.2, 0.25) is 11.8 Å². The van der Waals surface area contributed by atoms with Crippen molar-refractivity contribution in [1.82, 2.24) is 30.5 Å². The lowest BCUT2D eigenvalue weighted by atomic mass is 9.94. The predicted octanol–water partition coefficient (Wildman–Crippen LogP) is 3.06. The molecule has 9 nitrogen and oxygen atoms in total. The van der Waals surface area contributed by atoms with Crippen LogP contribution >= 0.6 is 0 Å². The largest absolute Gasteiger partial charge is 0.350 e. The molecular formula is C32H33N7O2. The van der Waals surface area contributed by atoms with Crippen LogP contribution in [0, 0.1) is 17.2 Å². The van der Waals surface area contributed by atoms with Gasteiger partial charge in [0.15, 0.2) is 0 Å². The van der Waals surface area contributed by atoms with Gasteiger partial charge in [0, 0.05) is 26.7 Å². The lowest BCUT2D eigenvalue weighted by molar-refractivity contribution is -0.139. The van der Waals surface area contributed by atoms with Crippen LogP contribution < -0.4 is 10.6 Å². The van der Waals surface area contributed by atoms with E-state index in [-0.39, 0.29) is 29.7 Å². The number of nitriles is 1. The summed E-state index contributed by atoms with van der Waals surface area (Å²) in [5.41, 5.74) is 5.43. The maximum absolute atomic E-state index is 13.9. The fourth-order valence-electron chi connectivity index (χ4n) is 6.29. The molecule has 2 amide bonds. The fourth-order valence-corrected chi connectivity index (χ4v) is 6.29. The van der Waals surface area contributed by atoms with Gasteiger partial charge in [0.25, 0.3) is 0 Å². The summed E-state index contributed by atoms with van der Waals surface area (Å²) in [7, 11) is 1.84. The minimum absolute atomic E-state index is 0.0272. The molecule has 2 fully saturated rings. The molecule has 4 atom stereocenters. The number of hydrogen-bond donors (Lipinski definition) is 2. The van der Waals surface area contributed by atoms with Crippen molar-refractivity contribution >= 4 is 22.8 Å². The average Bonchev–Trinajstić information content (AvgIpc) is 3.75. The normalized spacial score (nSPS) is 22.1. The van der Waals surface area contributed by atoms with E-state index in [9.17, 15) is 14.9 Å². The molecule has 3 heterocycles. The van der Waals surface area contributed by atoms with Crippen molar-refractivity contribution in [2.45, 2.75) is 43.8 Å². The first-order valence-corrected chi connectivity index (χ1v) is 14.1. The Morgan fingerprint density at radius 2 is 1.88 bits per heavy atom. The van der Waals surface area contributed by atoms with Crippen molar-refractivity contribution in [2.24, 2.45) is 13.0 Å². The minimum Gasteiger partial charge on any atom is -0.350 e. The van der Waals surface area contributed by atoms with Gasteiger partial charge in [-0.1, -0.05) is 59.8 Å². The smallest absolute Gasteiger partial charge is 0.243 e. The van der Waals surface area contributed by atoms with E-state index >= 15 is 0 Å². The van der Waals surface area contributed by atoms with Crippen LogP contribution in [-0.2, 0) is 29.6 Å². The zero-order valence-corrected chi connectivity index (χ0v) is 23.0. The minimum atomic E-state index is -0.570. The second kappa shape index (κ2) is 11.5. The number of carbonyl (C=O) groups excluding carboxylic acids is 2. The number of carbonyl (C=O) groups is 2. The number of hydrogen-bond acceptors (Lipinski definition) is 6. The molecule has 208 valence electrons. The third-order valence-electron chi connectivity index (χ3n) is 8.46. The Kier molecular flexibility index (Phi) is 7.49. The van der Waals surface area contributed by atoms with Gasteiger partial charge >= 0.3 is 0 Å². The van der Waals surface area contributed by atoms with E-state index in [0.29, 0.717) is 37.9 Å². The van der Waals surface area contributed by atoms with Gasteiger partial charge in [-0.15, -0.1) is 5.10 Å². The van der Waals surface area contributed by atoms with Gasteiger partial charge in [0.1, 0.15) is 11.6 Å². The van der Waals surface area contributed by atoms with E-state index in [0.717, 1.165) is 28.7 Å². The number of nitrogens with one attached hydrogen (secondary N) is 2. The monoisotopic (exact) mass is 547 g/mol. The Balaban J connectivity index is 1.18. The van der Waals surface area contributed by atoms with Crippen molar-refractivity contribution in [2.75, 3.05) is 13.1 Å². The van der Waals surface area contributed by atoms with Crippen LogP contribution in [0.25, 0.3) is 11.0 Å². The van der Waals surface area contributed by atoms with Crippen LogP contribution in [0.2, 0.25) is 0 Å². The van der Waals surface area contributed by atoms with Crippen molar-refractivity contribution in [3.05, 3.63) is 95.1 Å². The molecule has 1 aromatic heterocycles. The quantitative estimate of drug-likeness (QED) is 0.368. The van der Waals surface area contributed by atoms with Gasteiger partial charge in [-0.25, -0.2) is 4.68 Å². The molecule has 2 N–H and O–H groups in total. The van der Waals surface area contributed by atoms with Crippen LogP contribution in [0.1, 0.15) is 41.0 Å². The van der Waals surface area contributed by atoms with Gasteiger partial charge in [0.05, 0.1) is 23.2 Å². The average molecular weight is 548 g/mol. The van der Waals surface area contributed by atoms with Crippen LogP contribution in [0.5, 0.6) is 0 Å². The number of amides is 2. The molecule has 4 aromatic rings. The lowest BCUT2D eigenvalue weighted by Gasteiger charge is -2.27. The molecule has 0 radical (unpaired) electrons. The van der Waals surface area contributed by atoms with E-state index in [4.69, 9.17) is 0 Å². The standard InChI is InChI=1S/C32H33N7O2/c1-38-29-12-11-21(14-27(29)36-37-38)18-35-31(40)30-15-22(13-24-9-5-6-10-25(24)17-33)20-39(30)32(41)28-16-26(19-34-28)23-7-3-2-4-8-23/h2-12,14,22,26,28,30,34H,13,15-16,18-20H2,1H3,(H,35,40)/t22-,26-,28-,30+/m1/s1. The Morgan fingerprint density at radius 1 is 1.07 bits per heavy atom. The number of aryl methyl sites for hydroxylation is 1. The number of fused-ring (bicyclic) bond motifs is 1. The maximum Gasteiger partial charge on any atom is 0.243 e. The molecule has 0 spiro atoms. The first-order valence-electron chi connectivity index (χ1n) is 14.1. The molecule has 0 aliphatic carbocycles. The van der Waals surface area contributed by atoms with Crippen LogP contribution in [-0.4, -0.2) is 56.9 Å². The molecule has 0 unspecified atom stereocenters. The van der Waals surface area contributed by atoms with Crippen molar-refractivity contribution in [1.29, 1.82) is 5.26 Å². The second-order valence-corrected chi connectivity index (χ2v) is 11.1. The molecule has 9 heteroatoms. The number of benzene rings is 3. The van der Waals surface area contributed by atoms with Gasteiger partial charge < -0.3 is 15.5 Å². The molecule has 6 rings (SSSR count). The zero-order valence-electron chi connectivity index (χ0n) is 23.0. The van der Waals surface area contributed by atoms with Crippen molar-refractivity contribution in [3.63, 3.8) is 0 Å². The summed E-state index contributed by atoms with van der Waals surface area (Å²) >= 11 is 0. The highest BCUT2D eigenvalue weighted by Gasteiger charge is 2.43. The Bertz CT molecular complexity index is 1610. The van der Waals surface area contributed by atoms with E-state index < -0.39 is 6.04 Å². The highest BCUT2D eigenvalue weighted by molar-refractivity contribution is 5.90. The maximum atomic E-state index is 13.9. The molecule has 41 heavy (non-hydrogen) atoms. The number of likely N-dealkylation sites (tertiary alicyclic amines) is 1. The zero-order chi connectivity index (χ0) is 28.3. The highest BCUT2D eigenvalue weighted by Crippen LogP contribution is 2.32. The number of aromatic nitrogens is 3. The summed E-state index contributed by atoms with van der Waals surface area (Å²) in [5.74, 6) is 0.146. The second-order valence-electron chi connectivity index (χ2n) is 11.1. The van der Waals surface area contributed by atoms with Crippen LogP contribution in [0.4, 0.5) is 0 Å². The molecular weight excluding hydrogens is 514 g/mol. The summed E-state index contributed by atoms with van der Waals surface area (Å²) in [5, 5.41) is 24.3. The fraction of sp³-hybridized carbons (Fsp3) is 0.344. The third kappa shape index (κ3) is 5.56. The summed E-state index contributed by atoms with van der Waals surface area (Å²) in [6.45, 7) is 1.55. The van der Waals surface area contributed by atoms with E-state index in [2.05, 4.69) is 39.1 Å². The van der Waals surface area contributed by atoms with Crippen molar-refractivity contribution in [3.8, 4) is 6.07 Å². The highest BCUT2D eigenvalue weighted by atomic mass is 16.2. The summed E-state index contributed by atoms with van der Waals surface area (Å²) in [6.07, 6.45) is 1.90. The molecule has 2 saturated heterocycles. The Labute approximate surface area is 239 Å². The molecule has 2 aliphatic rings. The summed E-state index contributed by atoms with van der Waals surface area (Å²) in [6, 6.07) is 25.0.